The van der Waals surface area contributed by atoms with Crippen LogP contribution in [0.1, 0.15) is 13.3 Å². The van der Waals surface area contributed by atoms with Gasteiger partial charge in [-0.25, -0.2) is 0 Å². The zero-order chi connectivity index (χ0) is 11.1. The third-order valence-corrected chi connectivity index (χ3v) is 1.77. The lowest BCUT2D eigenvalue weighted by molar-refractivity contribution is -0.114. The summed E-state index contributed by atoms with van der Waals surface area (Å²) in [6, 6.07) is 7.29. The van der Waals surface area contributed by atoms with Gasteiger partial charge in [0, 0.05) is 18.7 Å². The number of nitrogens with two attached hydrogens (primary N) is 1. The molecule has 1 rings (SSSR count). The van der Waals surface area contributed by atoms with Gasteiger partial charge in [0.2, 0.25) is 5.91 Å². The fourth-order valence-corrected chi connectivity index (χ4v) is 1.14. The molecule has 1 aromatic carbocycles. The van der Waals surface area contributed by atoms with Crippen LogP contribution >= 0.6 is 0 Å². The summed E-state index contributed by atoms with van der Waals surface area (Å²) in [5, 5.41) is 2.69. The van der Waals surface area contributed by atoms with Crippen molar-refractivity contribution < 1.29 is 9.53 Å². The van der Waals surface area contributed by atoms with Gasteiger partial charge in [-0.15, -0.1) is 0 Å². The summed E-state index contributed by atoms with van der Waals surface area (Å²) >= 11 is 0. The first-order valence-corrected chi connectivity index (χ1v) is 4.93. The van der Waals surface area contributed by atoms with E-state index < -0.39 is 0 Å². The number of nitrogens with one attached hydrogen (secondary N) is 1. The van der Waals surface area contributed by atoms with Crippen LogP contribution in [0.5, 0.6) is 5.75 Å². The highest BCUT2D eigenvalue weighted by Gasteiger charge is 1.98. The maximum Gasteiger partial charge on any atom is 0.221 e. The zero-order valence-electron chi connectivity index (χ0n) is 8.82. The van der Waals surface area contributed by atoms with Crippen molar-refractivity contribution in [3.63, 3.8) is 0 Å². The molecule has 0 saturated carbocycles. The highest BCUT2D eigenvalue weighted by atomic mass is 16.5. The third-order valence-electron chi connectivity index (χ3n) is 1.77. The molecule has 4 nitrogen and oxygen atoms in total. The van der Waals surface area contributed by atoms with Gasteiger partial charge in [-0.05, 0) is 25.1 Å². The van der Waals surface area contributed by atoms with Crippen molar-refractivity contribution >= 4 is 11.6 Å². The van der Waals surface area contributed by atoms with Crippen LogP contribution in [-0.4, -0.2) is 19.1 Å². The molecule has 0 aliphatic rings. The molecule has 0 spiro atoms. The molecule has 3 N–H and O–H groups in total. The van der Waals surface area contributed by atoms with E-state index >= 15 is 0 Å². The van der Waals surface area contributed by atoms with Gasteiger partial charge in [-0.1, -0.05) is 6.07 Å². The average molecular weight is 208 g/mol. The van der Waals surface area contributed by atoms with Crippen molar-refractivity contribution in [3.8, 4) is 5.75 Å². The second kappa shape index (κ2) is 6.03. The molecule has 0 unspecified atom stereocenters. The molecule has 0 fully saturated rings. The van der Waals surface area contributed by atoms with Gasteiger partial charge in [-0.2, -0.15) is 0 Å². The first-order chi connectivity index (χ1) is 7.22. The predicted molar refractivity (Wildman–Crippen MR) is 59.9 cm³/mol. The topological polar surface area (TPSA) is 64.3 Å². The molecule has 0 radical (unpaired) electrons. The average Bonchev–Trinajstić information content (AvgIpc) is 2.18. The number of carbonyl (C=O) groups is 1. The predicted octanol–water partition coefficient (Wildman–Crippen LogP) is 1.37. The lowest BCUT2D eigenvalue weighted by Crippen LogP contribution is -2.07. The molecule has 0 heterocycles. The molecule has 0 saturated heterocycles. The Bertz CT molecular complexity index is 326. The number of rotatable bonds is 5. The Hall–Kier alpha value is -1.55. The summed E-state index contributed by atoms with van der Waals surface area (Å²) in [7, 11) is 0. The zero-order valence-corrected chi connectivity index (χ0v) is 8.82. The van der Waals surface area contributed by atoms with Gasteiger partial charge >= 0.3 is 0 Å². The van der Waals surface area contributed by atoms with Crippen LogP contribution in [0.25, 0.3) is 0 Å². The lowest BCUT2D eigenvalue weighted by atomic mass is 10.3. The lowest BCUT2D eigenvalue weighted by Gasteiger charge is -2.07. The maximum absolute atomic E-state index is 10.8. The molecule has 1 aromatic rings. The fourth-order valence-electron chi connectivity index (χ4n) is 1.14. The third kappa shape index (κ3) is 4.46. The Kier molecular flexibility index (Phi) is 4.63. The van der Waals surface area contributed by atoms with E-state index in [1.807, 2.05) is 18.2 Å². The minimum atomic E-state index is -0.0888. The molecule has 0 aromatic heterocycles. The highest BCUT2D eigenvalue weighted by Crippen LogP contribution is 2.17. The van der Waals surface area contributed by atoms with Crippen LogP contribution in [0.2, 0.25) is 0 Å². The Morgan fingerprint density at radius 3 is 3.00 bits per heavy atom. The van der Waals surface area contributed by atoms with E-state index in [9.17, 15) is 4.79 Å². The van der Waals surface area contributed by atoms with Crippen LogP contribution in [0, 0.1) is 0 Å². The second-order valence-corrected chi connectivity index (χ2v) is 3.20. The van der Waals surface area contributed by atoms with E-state index in [-0.39, 0.29) is 5.91 Å². The number of ether oxygens (including phenoxy) is 1. The van der Waals surface area contributed by atoms with Gasteiger partial charge in [0.1, 0.15) is 5.75 Å². The molecule has 1 amide bonds. The maximum atomic E-state index is 10.8. The monoisotopic (exact) mass is 208 g/mol. The summed E-state index contributed by atoms with van der Waals surface area (Å²) in [5.74, 6) is 0.656. The van der Waals surface area contributed by atoms with Crippen LogP contribution in [-0.2, 0) is 4.79 Å². The Labute approximate surface area is 89.4 Å². The van der Waals surface area contributed by atoms with E-state index in [0.29, 0.717) is 13.2 Å². The van der Waals surface area contributed by atoms with E-state index in [4.69, 9.17) is 10.5 Å². The number of benzene rings is 1. The number of amides is 1. The van der Waals surface area contributed by atoms with Crippen molar-refractivity contribution in [3.05, 3.63) is 24.3 Å². The van der Waals surface area contributed by atoms with Crippen molar-refractivity contribution in [1.29, 1.82) is 0 Å². The second-order valence-electron chi connectivity index (χ2n) is 3.20. The first-order valence-electron chi connectivity index (χ1n) is 4.93. The number of anilines is 1. The Balaban J connectivity index is 2.53. The molecule has 0 aliphatic carbocycles. The number of carbonyl (C=O) groups excluding carboxylic acids is 1. The Morgan fingerprint density at radius 2 is 2.33 bits per heavy atom. The van der Waals surface area contributed by atoms with E-state index in [0.717, 1.165) is 17.9 Å². The highest BCUT2D eigenvalue weighted by molar-refractivity contribution is 5.88. The van der Waals surface area contributed by atoms with E-state index in [1.54, 1.807) is 6.07 Å². The number of hydrogen-bond acceptors (Lipinski definition) is 3. The molecule has 4 heteroatoms. The van der Waals surface area contributed by atoms with Crippen molar-refractivity contribution in [2.75, 3.05) is 18.5 Å². The SMILES string of the molecule is CC(=O)Nc1cccc(OCCCN)c1. The molecule has 0 bridgehead atoms. The van der Waals surface area contributed by atoms with Crippen LogP contribution in [0.15, 0.2) is 24.3 Å². The van der Waals surface area contributed by atoms with Gasteiger partial charge in [0.15, 0.2) is 0 Å². The minimum Gasteiger partial charge on any atom is -0.493 e. The standard InChI is InChI=1S/C11H16N2O2/c1-9(14)13-10-4-2-5-11(8-10)15-7-3-6-12/h2,4-5,8H,3,6-7,12H2,1H3,(H,13,14). The largest absolute Gasteiger partial charge is 0.493 e. The minimum absolute atomic E-state index is 0.0888. The first kappa shape index (κ1) is 11.5. The summed E-state index contributed by atoms with van der Waals surface area (Å²) < 4.78 is 5.44. The number of hydrogen-bond donors (Lipinski definition) is 2. The summed E-state index contributed by atoms with van der Waals surface area (Å²) in [6.45, 7) is 2.69. The Morgan fingerprint density at radius 1 is 1.53 bits per heavy atom. The molecular formula is C11H16N2O2. The molecule has 15 heavy (non-hydrogen) atoms. The summed E-state index contributed by atoms with van der Waals surface area (Å²) in [6.07, 6.45) is 0.824. The van der Waals surface area contributed by atoms with E-state index in [1.165, 1.54) is 6.92 Å². The van der Waals surface area contributed by atoms with Gasteiger partial charge in [0.25, 0.3) is 0 Å². The van der Waals surface area contributed by atoms with Crippen molar-refractivity contribution in [2.45, 2.75) is 13.3 Å². The van der Waals surface area contributed by atoms with Crippen LogP contribution in [0.3, 0.4) is 0 Å². The van der Waals surface area contributed by atoms with Gasteiger partial charge < -0.3 is 15.8 Å². The molecule has 82 valence electrons. The van der Waals surface area contributed by atoms with Gasteiger partial charge in [-0.3, -0.25) is 4.79 Å². The summed E-state index contributed by atoms with van der Waals surface area (Å²) in [4.78, 5) is 10.8. The van der Waals surface area contributed by atoms with Gasteiger partial charge in [0.05, 0.1) is 6.61 Å². The van der Waals surface area contributed by atoms with Crippen molar-refractivity contribution in [1.82, 2.24) is 0 Å². The molecular weight excluding hydrogens is 192 g/mol. The molecule has 0 atom stereocenters. The normalized spacial score (nSPS) is 9.73. The van der Waals surface area contributed by atoms with Crippen molar-refractivity contribution in [2.24, 2.45) is 5.73 Å². The smallest absolute Gasteiger partial charge is 0.221 e. The quantitative estimate of drug-likeness (QED) is 0.718. The van der Waals surface area contributed by atoms with Crippen LogP contribution < -0.4 is 15.8 Å². The summed E-state index contributed by atoms with van der Waals surface area (Å²) in [5.41, 5.74) is 6.09. The molecule has 0 aliphatic heterocycles. The van der Waals surface area contributed by atoms with E-state index in [2.05, 4.69) is 5.32 Å². The fraction of sp³-hybridized carbons (Fsp3) is 0.364. The van der Waals surface area contributed by atoms with Crippen LogP contribution in [0.4, 0.5) is 5.69 Å².